The van der Waals surface area contributed by atoms with E-state index in [1.54, 1.807) is 23.0 Å². The number of fused-ring (bicyclic) bond motifs is 1. The van der Waals surface area contributed by atoms with Crippen LogP contribution in [0.15, 0.2) is 9.40 Å². The van der Waals surface area contributed by atoms with Crippen molar-refractivity contribution in [1.29, 1.82) is 0 Å². The van der Waals surface area contributed by atoms with Crippen molar-refractivity contribution in [3.63, 3.8) is 0 Å². The minimum absolute atomic E-state index is 0.189. The van der Waals surface area contributed by atoms with E-state index >= 15 is 0 Å². The number of nitrogens with one attached hydrogen (secondary N) is 1. The van der Waals surface area contributed by atoms with Gasteiger partial charge >= 0.3 is 0 Å². The Kier molecular flexibility index (Phi) is 2.79. The summed E-state index contributed by atoms with van der Waals surface area (Å²) >= 11 is 3.50. The molecule has 0 saturated heterocycles. The van der Waals surface area contributed by atoms with E-state index in [1.807, 2.05) is 14.0 Å². The summed E-state index contributed by atoms with van der Waals surface area (Å²) < 4.78 is 4.11. The van der Waals surface area contributed by atoms with E-state index in [9.17, 15) is 4.79 Å². The second-order valence-electron chi connectivity index (χ2n) is 4.70. The Morgan fingerprint density at radius 1 is 1.15 bits per heavy atom. The molecule has 0 fully saturated rings. The number of aromatic amines is 1. The van der Waals surface area contributed by atoms with E-state index < -0.39 is 0 Å². The third-order valence-electron chi connectivity index (χ3n) is 3.16. The quantitative estimate of drug-likeness (QED) is 0.730. The molecule has 7 nitrogen and oxygen atoms in total. The van der Waals surface area contributed by atoms with Crippen LogP contribution in [0.4, 0.5) is 0 Å². The number of imidazole rings is 1. The van der Waals surface area contributed by atoms with Gasteiger partial charge in [0.1, 0.15) is 10.4 Å². The van der Waals surface area contributed by atoms with Gasteiger partial charge in [-0.05, 0) is 36.7 Å². The molecule has 0 amide bonds. The SMILES string of the molecule is Cc1nn2c(-c3c(C)nn(C)c3Br)nc(C)c2c(=O)[nH]1. The fourth-order valence-electron chi connectivity index (χ4n) is 2.32. The summed E-state index contributed by atoms with van der Waals surface area (Å²) in [6.07, 6.45) is 0. The van der Waals surface area contributed by atoms with Crippen LogP contribution < -0.4 is 5.56 Å². The van der Waals surface area contributed by atoms with Gasteiger partial charge in [0.2, 0.25) is 0 Å². The number of hydrogen-bond donors (Lipinski definition) is 1. The van der Waals surface area contributed by atoms with Crippen LogP contribution in [0.1, 0.15) is 17.2 Å². The molecule has 104 valence electrons. The standard InChI is InChI=1S/C12H13BrN6O/c1-5-8(10(13)18(4)16-5)11-14-6(2)9-12(20)15-7(3)17-19(9)11/h1-4H3,(H,15,17,20). The van der Waals surface area contributed by atoms with E-state index in [2.05, 4.69) is 36.1 Å². The van der Waals surface area contributed by atoms with Gasteiger partial charge in [0.15, 0.2) is 11.3 Å². The Hall–Kier alpha value is -1.96. The Labute approximate surface area is 122 Å². The van der Waals surface area contributed by atoms with Crippen molar-refractivity contribution >= 4 is 21.4 Å². The van der Waals surface area contributed by atoms with Crippen molar-refractivity contribution in [3.05, 3.63) is 32.2 Å². The van der Waals surface area contributed by atoms with Crippen LogP contribution in [0.25, 0.3) is 16.9 Å². The van der Waals surface area contributed by atoms with Crippen molar-refractivity contribution in [2.75, 3.05) is 0 Å². The molecule has 1 N–H and O–H groups in total. The molecule has 0 atom stereocenters. The minimum Gasteiger partial charge on any atom is -0.307 e. The van der Waals surface area contributed by atoms with Gasteiger partial charge in [0.25, 0.3) is 5.56 Å². The molecule has 3 heterocycles. The Morgan fingerprint density at radius 2 is 1.85 bits per heavy atom. The number of hydrogen-bond acceptors (Lipinski definition) is 4. The maximum absolute atomic E-state index is 12.1. The van der Waals surface area contributed by atoms with Crippen molar-refractivity contribution in [1.82, 2.24) is 29.4 Å². The summed E-state index contributed by atoms with van der Waals surface area (Å²) in [5.41, 5.74) is 2.58. The Balaban J connectivity index is 2.46. The third kappa shape index (κ3) is 1.71. The Bertz CT molecular complexity index is 888. The van der Waals surface area contributed by atoms with Gasteiger partial charge in [0, 0.05) is 7.05 Å². The molecule has 0 aliphatic carbocycles. The van der Waals surface area contributed by atoms with Gasteiger partial charge in [0.05, 0.1) is 17.0 Å². The van der Waals surface area contributed by atoms with E-state index in [1.165, 1.54) is 0 Å². The maximum Gasteiger partial charge on any atom is 0.277 e. The highest BCUT2D eigenvalue weighted by molar-refractivity contribution is 9.10. The van der Waals surface area contributed by atoms with Gasteiger partial charge in [-0.25, -0.2) is 9.50 Å². The molecule has 20 heavy (non-hydrogen) atoms. The first-order valence-electron chi connectivity index (χ1n) is 6.06. The highest BCUT2D eigenvalue weighted by Crippen LogP contribution is 2.30. The largest absolute Gasteiger partial charge is 0.307 e. The fraction of sp³-hybridized carbons (Fsp3) is 0.333. The molecule has 3 rings (SSSR count). The number of rotatable bonds is 1. The van der Waals surface area contributed by atoms with Gasteiger partial charge < -0.3 is 4.98 Å². The predicted molar refractivity (Wildman–Crippen MR) is 77.7 cm³/mol. The number of H-pyrrole nitrogens is 1. The number of nitrogens with zero attached hydrogens (tertiary/aromatic N) is 5. The van der Waals surface area contributed by atoms with Gasteiger partial charge in [-0.1, -0.05) is 0 Å². The lowest BCUT2D eigenvalue weighted by Gasteiger charge is -2.01. The number of aryl methyl sites for hydroxylation is 4. The van der Waals surface area contributed by atoms with Crippen molar-refractivity contribution in [2.24, 2.45) is 7.05 Å². The first-order chi connectivity index (χ1) is 9.40. The molecule has 0 spiro atoms. The molecule has 8 heteroatoms. The van der Waals surface area contributed by atoms with Crippen LogP contribution in [-0.2, 0) is 7.05 Å². The van der Waals surface area contributed by atoms with Crippen LogP contribution in [0.2, 0.25) is 0 Å². The van der Waals surface area contributed by atoms with Crippen LogP contribution in [0.5, 0.6) is 0 Å². The summed E-state index contributed by atoms with van der Waals surface area (Å²) in [4.78, 5) is 19.2. The van der Waals surface area contributed by atoms with E-state index in [0.29, 0.717) is 22.9 Å². The first-order valence-corrected chi connectivity index (χ1v) is 6.85. The van der Waals surface area contributed by atoms with Crippen LogP contribution in [0.3, 0.4) is 0 Å². The molecule has 0 aliphatic heterocycles. The summed E-state index contributed by atoms with van der Waals surface area (Å²) in [5.74, 6) is 1.16. The molecular formula is C12H13BrN6O. The van der Waals surface area contributed by atoms with Crippen LogP contribution in [-0.4, -0.2) is 29.4 Å². The zero-order valence-electron chi connectivity index (χ0n) is 11.5. The fourth-order valence-corrected chi connectivity index (χ4v) is 2.86. The first kappa shape index (κ1) is 13.0. The van der Waals surface area contributed by atoms with E-state index in [0.717, 1.165) is 15.9 Å². The smallest absolute Gasteiger partial charge is 0.277 e. The molecule has 3 aromatic heterocycles. The monoisotopic (exact) mass is 336 g/mol. The highest BCUT2D eigenvalue weighted by atomic mass is 79.9. The third-order valence-corrected chi connectivity index (χ3v) is 4.07. The second kappa shape index (κ2) is 4.27. The summed E-state index contributed by atoms with van der Waals surface area (Å²) in [5, 5.41) is 8.72. The molecule has 0 saturated carbocycles. The van der Waals surface area contributed by atoms with Crippen LogP contribution >= 0.6 is 15.9 Å². The summed E-state index contributed by atoms with van der Waals surface area (Å²) in [7, 11) is 1.84. The van der Waals surface area contributed by atoms with Crippen molar-refractivity contribution in [3.8, 4) is 11.4 Å². The van der Waals surface area contributed by atoms with Gasteiger partial charge in [-0.3, -0.25) is 9.48 Å². The normalized spacial score (nSPS) is 11.4. The lowest BCUT2D eigenvalue weighted by atomic mass is 10.2. The molecule has 3 aromatic rings. The van der Waals surface area contributed by atoms with Crippen LogP contribution in [0, 0.1) is 20.8 Å². The maximum atomic E-state index is 12.1. The average molecular weight is 337 g/mol. The number of aromatic nitrogens is 6. The molecule has 0 aliphatic rings. The summed E-state index contributed by atoms with van der Waals surface area (Å²) in [6.45, 7) is 5.44. The lowest BCUT2D eigenvalue weighted by molar-refractivity contribution is 0.740. The molecule has 0 unspecified atom stereocenters. The average Bonchev–Trinajstić information content (AvgIpc) is 2.78. The van der Waals surface area contributed by atoms with Gasteiger partial charge in [-0.15, -0.1) is 0 Å². The summed E-state index contributed by atoms with van der Waals surface area (Å²) in [6, 6.07) is 0. The number of halogens is 1. The zero-order chi connectivity index (χ0) is 14.6. The zero-order valence-corrected chi connectivity index (χ0v) is 13.1. The van der Waals surface area contributed by atoms with E-state index in [4.69, 9.17) is 0 Å². The Morgan fingerprint density at radius 3 is 2.45 bits per heavy atom. The predicted octanol–water partition coefficient (Wildman–Crippen LogP) is 1.51. The van der Waals surface area contributed by atoms with E-state index in [-0.39, 0.29) is 5.56 Å². The molecule has 0 aromatic carbocycles. The lowest BCUT2D eigenvalue weighted by Crippen LogP contribution is -2.14. The highest BCUT2D eigenvalue weighted by Gasteiger charge is 2.21. The molecule has 0 bridgehead atoms. The minimum atomic E-state index is -0.189. The topological polar surface area (TPSA) is 80.9 Å². The molecule has 0 radical (unpaired) electrons. The van der Waals surface area contributed by atoms with Crippen molar-refractivity contribution in [2.45, 2.75) is 20.8 Å². The second-order valence-corrected chi connectivity index (χ2v) is 5.45. The molecular weight excluding hydrogens is 324 g/mol. The van der Waals surface area contributed by atoms with Crippen molar-refractivity contribution < 1.29 is 0 Å². The van der Waals surface area contributed by atoms with Gasteiger partial charge in [-0.2, -0.15) is 10.2 Å².